The van der Waals surface area contributed by atoms with Crippen LogP contribution in [-0.4, -0.2) is 85.0 Å². The second-order valence-corrected chi connectivity index (χ2v) is 11.4. The van der Waals surface area contributed by atoms with E-state index in [4.69, 9.17) is 14.2 Å². The zero-order valence-electron chi connectivity index (χ0n) is 25.2. The van der Waals surface area contributed by atoms with Crippen LogP contribution in [-0.2, 0) is 14.2 Å². The fourth-order valence-corrected chi connectivity index (χ4v) is 5.05. The molecule has 1 N–H and O–H groups in total. The van der Waals surface area contributed by atoms with Crippen molar-refractivity contribution in [3.8, 4) is 0 Å². The monoisotopic (exact) mass is 547 g/mol. The number of hydrogen-bond donors (Lipinski definition) is 1. The summed E-state index contributed by atoms with van der Waals surface area (Å²) < 4.78 is 16.9. The fourth-order valence-electron chi connectivity index (χ4n) is 5.05. The van der Waals surface area contributed by atoms with Crippen LogP contribution in [0.2, 0.25) is 0 Å². The minimum Gasteiger partial charge on any atom is -0.444 e. The van der Waals surface area contributed by atoms with E-state index in [2.05, 4.69) is 5.32 Å². The van der Waals surface area contributed by atoms with Crippen molar-refractivity contribution in [2.75, 3.05) is 33.5 Å². The van der Waals surface area contributed by atoms with Crippen LogP contribution in [0.3, 0.4) is 0 Å². The Morgan fingerprint density at radius 1 is 1.08 bits per heavy atom. The van der Waals surface area contributed by atoms with E-state index in [9.17, 15) is 14.4 Å². The Kier molecular flexibility index (Phi) is 12.7. The number of carbonyl (C=O) groups excluding carboxylic acids is 3. The lowest BCUT2D eigenvalue weighted by atomic mass is 9.93. The molecule has 1 aliphatic heterocycles. The fraction of sp³-hybridized carbons (Fsp3) is 0.700. The highest BCUT2D eigenvalue weighted by molar-refractivity contribution is 6.00. The molecule has 1 heterocycles. The van der Waals surface area contributed by atoms with E-state index in [1.165, 1.54) is 7.11 Å². The van der Waals surface area contributed by atoms with Crippen LogP contribution in [0, 0.1) is 6.92 Å². The first kappa shape index (κ1) is 32.6. The third-order valence-electron chi connectivity index (χ3n) is 6.71. The summed E-state index contributed by atoms with van der Waals surface area (Å²) in [5.74, 6) is -0.370. The van der Waals surface area contributed by atoms with Crippen LogP contribution in [0.4, 0.5) is 4.79 Å². The van der Waals surface area contributed by atoms with Crippen molar-refractivity contribution in [1.29, 1.82) is 0 Å². The maximum Gasteiger partial charge on any atom is 0.410 e. The number of hydrogen-bond acceptors (Lipinski definition) is 6. The van der Waals surface area contributed by atoms with Gasteiger partial charge in [-0.3, -0.25) is 14.5 Å². The largest absolute Gasteiger partial charge is 0.444 e. The van der Waals surface area contributed by atoms with Gasteiger partial charge >= 0.3 is 6.09 Å². The first-order chi connectivity index (χ1) is 18.4. The highest BCUT2D eigenvalue weighted by atomic mass is 16.7. The molecule has 1 aromatic carbocycles. The zero-order chi connectivity index (χ0) is 29.2. The molecule has 2 rings (SSSR count). The van der Waals surface area contributed by atoms with Gasteiger partial charge in [0.05, 0.1) is 12.1 Å². The van der Waals surface area contributed by atoms with Crippen molar-refractivity contribution >= 4 is 17.9 Å². The Balaban J connectivity index is 2.23. The van der Waals surface area contributed by atoms with Gasteiger partial charge in [0.25, 0.3) is 11.8 Å². The number of rotatable bonds is 12. The standard InChI is InChI=1S/C30H49N3O6/c1-9-14-32(15-10-2)28(35)24-17-21(3)16-23(18-24)27(34)31-19-26(38-20-37-8)25-13-11-12-22(4)33(25)29(36)39-30(5,6)7/h16-18,22,25-26H,9-15,19-20H2,1-8H3,(H,31,34)/t22-,25+,26-/m0/s1. The number of methoxy groups -OCH3 is 1. The molecule has 0 radical (unpaired) electrons. The van der Waals surface area contributed by atoms with Crippen LogP contribution >= 0.6 is 0 Å². The SMILES string of the molecule is CCCN(CCC)C(=O)c1cc(C)cc(C(=O)NC[C@H](OCOC)[C@H]2CCC[C@H](C)N2C(=O)OC(C)(C)C)c1. The lowest BCUT2D eigenvalue weighted by Crippen LogP contribution is -2.57. The Labute approximate surface area is 234 Å². The quantitative estimate of drug-likeness (QED) is 0.363. The highest BCUT2D eigenvalue weighted by Gasteiger charge is 2.39. The number of nitrogens with zero attached hydrogens (tertiary/aromatic N) is 2. The van der Waals surface area contributed by atoms with Gasteiger partial charge in [0.1, 0.15) is 12.4 Å². The summed E-state index contributed by atoms with van der Waals surface area (Å²) in [5, 5.41) is 2.98. The van der Waals surface area contributed by atoms with Crippen LogP contribution in [0.25, 0.3) is 0 Å². The van der Waals surface area contributed by atoms with Gasteiger partial charge in [-0.2, -0.15) is 0 Å². The Hall–Kier alpha value is -2.65. The van der Waals surface area contributed by atoms with E-state index >= 15 is 0 Å². The van der Waals surface area contributed by atoms with Crippen LogP contribution in [0.5, 0.6) is 0 Å². The van der Waals surface area contributed by atoms with E-state index in [0.717, 1.165) is 37.7 Å². The number of carbonyl (C=O) groups is 3. The summed E-state index contributed by atoms with van der Waals surface area (Å²) in [5.41, 5.74) is 1.13. The summed E-state index contributed by atoms with van der Waals surface area (Å²) in [6.07, 6.45) is 3.37. The molecule has 0 aliphatic carbocycles. The number of amides is 3. The van der Waals surface area contributed by atoms with Crippen LogP contribution in [0.1, 0.15) is 99.9 Å². The van der Waals surface area contributed by atoms with Crippen LogP contribution in [0.15, 0.2) is 18.2 Å². The first-order valence-corrected chi connectivity index (χ1v) is 14.2. The lowest BCUT2D eigenvalue weighted by molar-refractivity contribution is -0.109. The highest BCUT2D eigenvalue weighted by Crippen LogP contribution is 2.28. The molecule has 0 saturated carbocycles. The molecule has 220 valence electrons. The summed E-state index contributed by atoms with van der Waals surface area (Å²) in [6, 6.07) is 4.94. The van der Waals surface area contributed by atoms with Gasteiger partial charge in [0.15, 0.2) is 0 Å². The minimum absolute atomic E-state index is 0.0255. The molecule has 0 spiro atoms. The topological polar surface area (TPSA) is 97.4 Å². The number of nitrogens with one attached hydrogen (secondary N) is 1. The maximum atomic E-state index is 13.3. The van der Waals surface area contributed by atoms with E-state index in [1.807, 2.05) is 59.4 Å². The molecule has 1 fully saturated rings. The maximum absolute atomic E-state index is 13.3. The number of aryl methyl sites for hydroxylation is 1. The molecule has 0 aromatic heterocycles. The van der Waals surface area contributed by atoms with Gasteiger partial charge < -0.3 is 24.4 Å². The van der Waals surface area contributed by atoms with Gasteiger partial charge in [0.2, 0.25) is 0 Å². The smallest absolute Gasteiger partial charge is 0.410 e. The summed E-state index contributed by atoms with van der Waals surface area (Å²) in [7, 11) is 1.54. The van der Waals surface area contributed by atoms with Crippen molar-refractivity contribution in [2.45, 2.75) is 104 Å². The predicted octanol–water partition coefficient (Wildman–Crippen LogP) is 5.15. The lowest BCUT2D eigenvalue weighted by Gasteiger charge is -2.44. The summed E-state index contributed by atoms with van der Waals surface area (Å²) >= 11 is 0. The molecule has 9 heteroatoms. The van der Waals surface area contributed by atoms with Gasteiger partial charge in [0, 0.05) is 43.9 Å². The number of likely N-dealkylation sites (tertiary alicyclic amines) is 1. The summed E-state index contributed by atoms with van der Waals surface area (Å²) in [6.45, 7) is 15.1. The molecule has 0 unspecified atom stereocenters. The van der Waals surface area contributed by atoms with E-state index in [1.54, 1.807) is 17.0 Å². The molecule has 1 aliphatic rings. The van der Waals surface area contributed by atoms with E-state index in [-0.39, 0.29) is 43.3 Å². The first-order valence-electron chi connectivity index (χ1n) is 14.2. The van der Waals surface area contributed by atoms with Gasteiger partial charge in [-0.1, -0.05) is 13.8 Å². The van der Waals surface area contributed by atoms with Crippen molar-refractivity contribution in [3.05, 3.63) is 34.9 Å². The average molecular weight is 548 g/mol. The molecule has 1 saturated heterocycles. The van der Waals surface area contributed by atoms with Crippen molar-refractivity contribution < 1.29 is 28.6 Å². The third-order valence-corrected chi connectivity index (χ3v) is 6.71. The number of ether oxygens (including phenoxy) is 3. The predicted molar refractivity (Wildman–Crippen MR) is 152 cm³/mol. The molecular formula is C30H49N3O6. The van der Waals surface area contributed by atoms with Crippen molar-refractivity contribution in [2.24, 2.45) is 0 Å². The number of benzene rings is 1. The average Bonchev–Trinajstić information content (AvgIpc) is 2.86. The third kappa shape index (κ3) is 9.80. The molecule has 1 aromatic rings. The van der Waals surface area contributed by atoms with Gasteiger partial charge in [-0.05, 0) is 90.5 Å². The Bertz CT molecular complexity index is 955. The molecular weight excluding hydrogens is 498 g/mol. The Morgan fingerprint density at radius 3 is 2.31 bits per heavy atom. The number of piperidine rings is 1. The molecule has 3 amide bonds. The van der Waals surface area contributed by atoms with Gasteiger partial charge in [-0.15, -0.1) is 0 Å². The second kappa shape index (κ2) is 15.2. The van der Waals surface area contributed by atoms with E-state index in [0.29, 0.717) is 24.2 Å². The summed E-state index contributed by atoms with van der Waals surface area (Å²) in [4.78, 5) is 43.2. The van der Waals surface area contributed by atoms with Crippen molar-refractivity contribution in [3.63, 3.8) is 0 Å². The van der Waals surface area contributed by atoms with Crippen LogP contribution < -0.4 is 5.32 Å². The van der Waals surface area contributed by atoms with E-state index < -0.39 is 11.7 Å². The van der Waals surface area contributed by atoms with Crippen molar-refractivity contribution in [1.82, 2.24) is 15.1 Å². The second-order valence-electron chi connectivity index (χ2n) is 11.4. The molecule has 9 nitrogen and oxygen atoms in total. The Morgan fingerprint density at radius 2 is 1.72 bits per heavy atom. The molecule has 3 atom stereocenters. The van der Waals surface area contributed by atoms with Gasteiger partial charge in [-0.25, -0.2) is 4.79 Å². The molecule has 0 bridgehead atoms. The molecule has 39 heavy (non-hydrogen) atoms. The minimum atomic E-state index is -0.625. The normalized spacial score (nSPS) is 18.4. The zero-order valence-corrected chi connectivity index (χ0v) is 25.2.